The molecule has 1 heterocycles. The van der Waals surface area contributed by atoms with Gasteiger partial charge in [-0.05, 0) is 17.7 Å². The van der Waals surface area contributed by atoms with Crippen molar-refractivity contribution in [3.63, 3.8) is 0 Å². The number of nitriles is 1. The van der Waals surface area contributed by atoms with Crippen LogP contribution in [0, 0.1) is 11.3 Å². The summed E-state index contributed by atoms with van der Waals surface area (Å²) in [6.45, 7) is 5.37. The van der Waals surface area contributed by atoms with Crippen molar-refractivity contribution in [1.82, 2.24) is 4.90 Å². The molecule has 0 radical (unpaired) electrons. The smallest absolute Gasteiger partial charge is 0.0992 e. The van der Waals surface area contributed by atoms with Gasteiger partial charge in [-0.25, -0.2) is 0 Å². The van der Waals surface area contributed by atoms with Gasteiger partial charge in [0.2, 0.25) is 0 Å². The highest BCUT2D eigenvalue weighted by Gasteiger charge is 2.17. The molecule has 0 spiro atoms. The van der Waals surface area contributed by atoms with Crippen LogP contribution in [0.1, 0.15) is 18.1 Å². The molecule has 1 aromatic carbocycles. The lowest BCUT2D eigenvalue weighted by Gasteiger charge is -2.30. The molecule has 2 nitrogen and oxygen atoms in total. The molecule has 90 valence electrons. The second-order valence-electron chi connectivity index (χ2n) is 4.33. The highest BCUT2D eigenvalue weighted by atomic mass is 35.5. The van der Waals surface area contributed by atoms with Crippen LogP contribution in [0.4, 0.5) is 0 Å². The Morgan fingerprint density at radius 1 is 1.59 bits per heavy atom. The van der Waals surface area contributed by atoms with Crippen molar-refractivity contribution in [1.29, 1.82) is 5.26 Å². The van der Waals surface area contributed by atoms with Crippen LogP contribution in [-0.4, -0.2) is 29.0 Å². The lowest BCUT2D eigenvalue weighted by molar-refractivity contribution is 0.278. The average molecular weight is 267 g/mol. The number of nitrogens with zero attached hydrogens (tertiary/aromatic N) is 2. The van der Waals surface area contributed by atoms with Crippen LogP contribution in [0.3, 0.4) is 0 Å². The summed E-state index contributed by atoms with van der Waals surface area (Å²) in [5, 5.41) is 10.2. The van der Waals surface area contributed by atoms with Crippen molar-refractivity contribution in [3.05, 3.63) is 34.3 Å². The molecule has 0 amide bonds. The number of halogens is 1. The molecule has 4 heteroatoms. The van der Waals surface area contributed by atoms with Gasteiger partial charge in [0.15, 0.2) is 0 Å². The number of benzene rings is 1. The van der Waals surface area contributed by atoms with Crippen LogP contribution >= 0.6 is 23.4 Å². The Labute approximate surface area is 112 Å². The van der Waals surface area contributed by atoms with E-state index in [0.717, 1.165) is 25.2 Å². The second kappa shape index (κ2) is 5.77. The van der Waals surface area contributed by atoms with Crippen molar-refractivity contribution in [2.45, 2.75) is 18.7 Å². The maximum atomic E-state index is 8.79. The highest BCUT2D eigenvalue weighted by Crippen LogP contribution is 2.23. The average Bonchev–Trinajstić information content (AvgIpc) is 2.32. The molecular weight excluding hydrogens is 252 g/mol. The molecule has 0 aromatic heterocycles. The third kappa shape index (κ3) is 3.38. The molecule has 1 aromatic rings. The first-order valence-corrected chi connectivity index (χ1v) is 7.14. The first-order chi connectivity index (χ1) is 8.19. The molecule has 1 unspecified atom stereocenters. The third-order valence-electron chi connectivity index (χ3n) is 2.90. The van der Waals surface area contributed by atoms with E-state index >= 15 is 0 Å². The topological polar surface area (TPSA) is 27.0 Å². The van der Waals surface area contributed by atoms with Crippen molar-refractivity contribution in [3.8, 4) is 6.07 Å². The van der Waals surface area contributed by atoms with Gasteiger partial charge in [0.05, 0.1) is 11.6 Å². The van der Waals surface area contributed by atoms with Crippen molar-refractivity contribution in [2.24, 2.45) is 0 Å². The van der Waals surface area contributed by atoms with Gasteiger partial charge in [-0.2, -0.15) is 17.0 Å². The predicted octanol–water partition coefficient (Wildman–Crippen LogP) is 3.15. The van der Waals surface area contributed by atoms with Gasteiger partial charge in [-0.1, -0.05) is 24.6 Å². The molecular formula is C13H15ClN2S. The molecule has 1 aliphatic rings. The zero-order valence-electron chi connectivity index (χ0n) is 9.82. The van der Waals surface area contributed by atoms with Gasteiger partial charge in [-0.15, -0.1) is 0 Å². The maximum Gasteiger partial charge on any atom is 0.0992 e. The standard InChI is InChI=1S/C13H15ClN2S/c1-10-8-16(4-5-17-10)9-12-3-2-11(7-15)6-13(12)14/h2-3,6,10H,4-5,8-9H2,1H3. The Morgan fingerprint density at radius 3 is 3.06 bits per heavy atom. The fourth-order valence-corrected chi connectivity index (χ4v) is 3.34. The zero-order chi connectivity index (χ0) is 12.3. The minimum Gasteiger partial charge on any atom is -0.297 e. The summed E-state index contributed by atoms with van der Waals surface area (Å²) in [4.78, 5) is 2.43. The largest absolute Gasteiger partial charge is 0.297 e. The monoisotopic (exact) mass is 266 g/mol. The molecule has 0 N–H and O–H groups in total. The molecule has 0 bridgehead atoms. The number of hydrogen-bond acceptors (Lipinski definition) is 3. The predicted molar refractivity (Wildman–Crippen MR) is 73.4 cm³/mol. The van der Waals surface area contributed by atoms with E-state index in [0.29, 0.717) is 15.8 Å². The normalized spacial score (nSPS) is 21.1. The Morgan fingerprint density at radius 2 is 2.41 bits per heavy atom. The Hall–Kier alpha value is -0.690. The summed E-state index contributed by atoms with van der Waals surface area (Å²) >= 11 is 8.21. The van der Waals surface area contributed by atoms with Gasteiger partial charge in [-0.3, -0.25) is 4.90 Å². The Kier molecular flexibility index (Phi) is 4.33. The number of hydrogen-bond donors (Lipinski definition) is 0. The van der Waals surface area contributed by atoms with E-state index in [1.165, 1.54) is 5.75 Å². The number of thioether (sulfide) groups is 1. The summed E-state index contributed by atoms with van der Waals surface area (Å²) in [5.41, 5.74) is 1.74. The lowest BCUT2D eigenvalue weighted by atomic mass is 10.1. The summed E-state index contributed by atoms with van der Waals surface area (Å²) in [7, 11) is 0. The van der Waals surface area contributed by atoms with Crippen LogP contribution in [0.15, 0.2) is 18.2 Å². The first kappa shape index (κ1) is 12.8. The van der Waals surface area contributed by atoms with Gasteiger partial charge >= 0.3 is 0 Å². The van der Waals surface area contributed by atoms with Gasteiger partial charge in [0, 0.05) is 35.7 Å². The van der Waals surface area contributed by atoms with E-state index in [9.17, 15) is 0 Å². The van der Waals surface area contributed by atoms with Crippen molar-refractivity contribution >= 4 is 23.4 Å². The zero-order valence-corrected chi connectivity index (χ0v) is 11.4. The van der Waals surface area contributed by atoms with E-state index in [1.54, 1.807) is 6.07 Å². The molecule has 0 saturated carbocycles. The minimum atomic E-state index is 0.626. The Bertz CT molecular complexity index is 442. The Balaban J connectivity index is 2.06. The van der Waals surface area contributed by atoms with E-state index in [1.807, 2.05) is 23.9 Å². The SMILES string of the molecule is CC1CN(Cc2ccc(C#N)cc2Cl)CCS1. The van der Waals surface area contributed by atoms with Crippen molar-refractivity contribution < 1.29 is 0 Å². The molecule has 1 saturated heterocycles. The van der Waals surface area contributed by atoms with E-state index < -0.39 is 0 Å². The third-order valence-corrected chi connectivity index (χ3v) is 4.39. The van der Waals surface area contributed by atoms with E-state index in [4.69, 9.17) is 16.9 Å². The maximum absolute atomic E-state index is 8.79. The first-order valence-electron chi connectivity index (χ1n) is 5.71. The van der Waals surface area contributed by atoms with Crippen molar-refractivity contribution in [2.75, 3.05) is 18.8 Å². The molecule has 17 heavy (non-hydrogen) atoms. The molecule has 2 rings (SSSR count). The fourth-order valence-electron chi connectivity index (χ4n) is 2.02. The molecule has 1 fully saturated rings. The lowest BCUT2D eigenvalue weighted by Crippen LogP contribution is -2.36. The minimum absolute atomic E-state index is 0.626. The quantitative estimate of drug-likeness (QED) is 0.823. The van der Waals surface area contributed by atoms with Crippen LogP contribution < -0.4 is 0 Å². The van der Waals surface area contributed by atoms with Gasteiger partial charge < -0.3 is 0 Å². The van der Waals surface area contributed by atoms with E-state index in [2.05, 4.69) is 17.9 Å². The summed E-state index contributed by atoms with van der Waals surface area (Å²) in [6, 6.07) is 7.66. The van der Waals surface area contributed by atoms with Gasteiger partial charge in [0.25, 0.3) is 0 Å². The summed E-state index contributed by atoms with van der Waals surface area (Å²) in [6.07, 6.45) is 0. The van der Waals surface area contributed by atoms with Crippen LogP contribution in [-0.2, 0) is 6.54 Å². The van der Waals surface area contributed by atoms with Crippen LogP contribution in [0.25, 0.3) is 0 Å². The molecule has 0 aliphatic carbocycles. The summed E-state index contributed by atoms with van der Waals surface area (Å²) in [5.74, 6) is 1.19. The molecule has 1 atom stereocenters. The fraction of sp³-hybridized carbons (Fsp3) is 0.462. The highest BCUT2D eigenvalue weighted by molar-refractivity contribution is 7.99. The molecule has 1 aliphatic heterocycles. The van der Waals surface area contributed by atoms with Crippen LogP contribution in [0.5, 0.6) is 0 Å². The van der Waals surface area contributed by atoms with Gasteiger partial charge in [0.1, 0.15) is 0 Å². The second-order valence-corrected chi connectivity index (χ2v) is 6.29. The summed E-state index contributed by atoms with van der Waals surface area (Å²) < 4.78 is 0. The number of rotatable bonds is 2. The van der Waals surface area contributed by atoms with E-state index in [-0.39, 0.29) is 0 Å². The van der Waals surface area contributed by atoms with Crippen LogP contribution in [0.2, 0.25) is 5.02 Å².